The van der Waals surface area contributed by atoms with Gasteiger partial charge in [-0.3, -0.25) is 4.90 Å². The molecule has 29 heavy (non-hydrogen) atoms. The lowest BCUT2D eigenvalue weighted by Gasteiger charge is -2.31. The highest BCUT2D eigenvalue weighted by molar-refractivity contribution is 5.34. The first kappa shape index (κ1) is 19.6. The highest BCUT2D eigenvalue weighted by atomic mass is 19.4. The largest absolute Gasteiger partial charge is 0.416 e. The number of aryl methyl sites for hydroxylation is 1. The van der Waals surface area contributed by atoms with Crippen molar-refractivity contribution in [2.45, 2.75) is 31.7 Å². The molecule has 0 bridgehead atoms. The number of alkyl halides is 3. The van der Waals surface area contributed by atoms with Crippen LogP contribution in [0.3, 0.4) is 0 Å². The van der Waals surface area contributed by atoms with Gasteiger partial charge in [-0.05, 0) is 48.4 Å². The third-order valence-corrected chi connectivity index (χ3v) is 5.31. The van der Waals surface area contributed by atoms with E-state index in [1.54, 1.807) is 6.07 Å². The standard InChI is InChI=1S/C22H19F5N2/c23-18-7-2-8-19(24)17(18)14-29-12-4-11-28-10-3-9-20(28)21(29)15-5-1-6-16(13-15)22(25,26)27/h1-3,5-10,13,21H,4,11-12,14H2/t21-/m1/s1. The summed E-state index contributed by atoms with van der Waals surface area (Å²) < 4.78 is 70.4. The van der Waals surface area contributed by atoms with Gasteiger partial charge < -0.3 is 4.57 Å². The number of nitrogens with zero attached hydrogens (tertiary/aromatic N) is 2. The first-order valence-corrected chi connectivity index (χ1v) is 9.34. The molecule has 152 valence electrons. The molecule has 7 heteroatoms. The van der Waals surface area contributed by atoms with Gasteiger partial charge in [0.2, 0.25) is 0 Å². The maximum Gasteiger partial charge on any atom is 0.416 e. The van der Waals surface area contributed by atoms with Crippen molar-refractivity contribution < 1.29 is 22.0 Å². The zero-order valence-corrected chi connectivity index (χ0v) is 15.5. The summed E-state index contributed by atoms with van der Waals surface area (Å²) in [6, 6.07) is 12.0. The van der Waals surface area contributed by atoms with Gasteiger partial charge >= 0.3 is 6.18 Å². The zero-order chi connectivity index (χ0) is 20.6. The SMILES string of the molecule is Fc1cccc(F)c1CN1CCCn2cccc2[C@H]1c1cccc(C(F)(F)F)c1. The van der Waals surface area contributed by atoms with Crippen LogP contribution in [0.1, 0.15) is 34.8 Å². The van der Waals surface area contributed by atoms with Gasteiger partial charge in [0.25, 0.3) is 0 Å². The second-order valence-corrected chi connectivity index (χ2v) is 7.18. The summed E-state index contributed by atoms with van der Waals surface area (Å²) in [7, 11) is 0. The van der Waals surface area contributed by atoms with Gasteiger partial charge in [-0.25, -0.2) is 8.78 Å². The smallest absolute Gasteiger partial charge is 0.350 e. The van der Waals surface area contributed by atoms with Crippen molar-refractivity contribution in [1.82, 2.24) is 9.47 Å². The van der Waals surface area contributed by atoms with Gasteiger partial charge in [0, 0.05) is 37.1 Å². The average molecular weight is 406 g/mol. The molecule has 0 fully saturated rings. The molecule has 1 aliphatic heterocycles. The van der Waals surface area contributed by atoms with Crippen LogP contribution in [-0.2, 0) is 19.3 Å². The van der Waals surface area contributed by atoms with Gasteiger partial charge in [0.1, 0.15) is 11.6 Å². The molecule has 0 saturated carbocycles. The molecule has 0 spiro atoms. The molecule has 2 heterocycles. The lowest BCUT2D eigenvalue weighted by atomic mass is 9.98. The van der Waals surface area contributed by atoms with E-state index in [1.807, 2.05) is 27.8 Å². The molecule has 4 rings (SSSR count). The summed E-state index contributed by atoms with van der Waals surface area (Å²) in [4.78, 5) is 1.84. The van der Waals surface area contributed by atoms with Crippen LogP contribution in [0.25, 0.3) is 0 Å². The van der Waals surface area contributed by atoms with Crippen molar-refractivity contribution in [3.63, 3.8) is 0 Å². The van der Waals surface area contributed by atoms with Crippen molar-refractivity contribution in [2.24, 2.45) is 0 Å². The molecule has 0 radical (unpaired) electrons. The molecular weight excluding hydrogens is 387 g/mol. The highest BCUT2D eigenvalue weighted by Crippen LogP contribution is 2.37. The van der Waals surface area contributed by atoms with Crippen molar-refractivity contribution in [2.75, 3.05) is 6.54 Å². The van der Waals surface area contributed by atoms with E-state index < -0.39 is 29.4 Å². The van der Waals surface area contributed by atoms with Crippen LogP contribution in [-0.4, -0.2) is 16.0 Å². The van der Waals surface area contributed by atoms with Crippen LogP contribution in [0.4, 0.5) is 22.0 Å². The predicted molar refractivity (Wildman–Crippen MR) is 99.1 cm³/mol. The number of aromatic nitrogens is 1. The van der Waals surface area contributed by atoms with Crippen molar-refractivity contribution in [3.05, 3.63) is 94.8 Å². The van der Waals surface area contributed by atoms with E-state index in [0.29, 0.717) is 25.1 Å². The highest BCUT2D eigenvalue weighted by Gasteiger charge is 2.33. The van der Waals surface area contributed by atoms with Crippen LogP contribution in [0, 0.1) is 11.6 Å². The normalized spacial score (nSPS) is 17.8. The fourth-order valence-corrected chi connectivity index (χ4v) is 3.96. The van der Waals surface area contributed by atoms with E-state index in [2.05, 4.69) is 0 Å². The van der Waals surface area contributed by atoms with Gasteiger partial charge in [0.05, 0.1) is 11.6 Å². The van der Waals surface area contributed by atoms with Crippen LogP contribution in [0.2, 0.25) is 0 Å². The monoisotopic (exact) mass is 406 g/mol. The minimum Gasteiger partial charge on any atom is -0.350 e. The maximum absolute atomic E-state index is 14.3. The minimum atomic E-state index is -4.47. The van der Waals surface area contributed by atoms with E-state index in [1.165, 1.54) is 24.3 Å². The number of hydrogen-bond acceptors (Lipinski definition) is 1. The van der Waals surface area contributed by atoms with Gasteiger partial charge in [-0.15, -0.1) is 0 Å². The Labute approximate surface area is 165 Å². The summed E-state index contributed by atoms with van der Waals surface area (Å²) in [5.74, 6) is -1.32. The number of benzene rings is 2. The molecule has 1 atom stereocenters. The van der Waals surface area contributed by atoms with E-state index >= 15 is 0 Å². The van der Waals surface area contributed by atoms with Crippen LogP contribution >= 0.6 is 0 Å². The summed E-state index contributed by atoms with van der Waals surface area (Å²) in [6.45, 7) is 1.15. The summed E-state index contributed by atoms with van der Waals surface area (Å²) in [5, 5.41) is 0. The molecule has 1 aliphatic rings. The van der Waals surface area contributed by atoms with E-state index in [-0.39, 0.29) is 12.1 Å². The fraction of sp³-hybridized carbons (Fsp3) is 0.273. The zero-order valence-electron chi connectivity index (χ0n) is 15.5. The number of halogens is 5. The van der Waals surface area contributed by atoms with E-state index in [9.17, 15) is 22.0 Å². The molecule has 0 N–H and O–H groups in total. The second kappa shape index (κ2) is 7.63. The summed E-state index contributed by atoms with van der Waals surface area (Å²) in [5.41, 5.74) is 0.427. The molecule has 0 amide bonds. The Morgan fingerprint density at radius 2 is 1.62 bits per heavy atom. The summed E-state index contributed by atoms with van der Waals surface area (Å²) >= 11 is 0. The van der Waals surface area contributed by atoms with E-state index in [0.717, 1.165) is 17.8 Å². The predicted octanol–water partition coefficient (Wildman–Crippen LogP) is 5.78. The molecule has 3 aromatic rings. The number of fused-ring (bicyclic) bond motifs is 1. The molecular formula is C22H19F5N2. The number of rotatable bonds is 3. The third-order valence-electron chi connectivity index (χ3n) is 5.31. The van der Waals surface area contributed by atoms with Gasteiger partial charge in [-0.1, -0.05) is 18.2 Å². The Morgan fingerprint density at radius 1 is 0.897 bits per heavy atom. The Hall–Kier alpha value is -2.67. The van der Waals surface area contributed by atoms with E-state index in [4.69, 9.17) is 0 Å². The first-order chi connectivity index (χ1) is 13.8. The molecule has 0 saturated heterocycles. The first-order valence-electron chi connectivity index (χ1n) is 9.34. The molecule has 0 aliphatic carbocycles. The van der Waals surface area contributed by atoms with Gasteiger partial charge in [0.15, 0.2) is 0 Å². The van der Waals surface area contributed by atoms with Crippen LogP contribution < -0.4 is 0 Å². The van der Waals surface area contributed by atoms with Crippen molar-refractivity contribution >= 4 is 0 Å². The van der Waals surface area contributed by atoms with Crippen molar-refractivity contribution in [3.8, 4) is 0 Å². The molecule has 2 aromatic carbocycles. The molecule has 2 nitrogen and oxygen atoms in total. The third kappa shape index (κ3) is 3.92. The van der Waals surface area contributed by atoms with Crippen molar-refractivity contribution in [1.29, 1.82) is 0 Å². The minimum absolute atomic E-state index is 0.0371. The molecule has 0 unspecified atom stereocenters. The van der Waals surface area contributed by atoms with Crippen LogP contribution in [0.15, 0.2) is 60.8 Å². The lowest BCUT2D eigenvalue weighted by molar-refractivity contribution is -0.137. The lowest BCUT2D eigenvalue weighted by Crippen LogP contribution is -2.30. The van der Waals surface area contributed by atoms with Crippen LogP contribution in [0.5, 0.6) is 0 Å². The second-order valence-electron chi connectivity index (χ2n) is 7.18. The fourth-order valence-electron chi connectivity index (χ4n) is 3.96. The number of hydrogen-bond donors (Lipinski definition) is 0. The topological polar surface area (TPSA) is 8.17 Å². The Morgan fingerprint density at radius 3 is 2.34 bits per heavy atom. The van der Waals surface area contributed by atoms with Gasteiger partial charge in [-0.2, -0.15) is 13.2 Å². The maximum atomic E-state index is 14.3. The molecule has 1 aromatic heterocycles. The average Bonchev–Trinajstić information content (AvgIpc) is 3.05. The quantitative estimate of drug-likeness (QED) is 0.501. The Kier molecular flexibility index (Phi) is 5.17. The Balaban J connectivity index is 1.80. The summed E-state index contributed by atoms with van der Waals surface area (Å²) in [6.07, 6.45) is -1.87. The Bertz CT molecular complexity index is 988.